The maximum atomic E-state index is 11.9. The smallest absolute Gasteiger partial charge is 0.254 e. The molecule has 1 aromatic heterocycles. The van der Waals surface area contributed by atoms with Crippen molar-refractivity contribution in [2.45, 2.75) is 19.3 Å². The molecule has 88 valence electrons. The number of H-pyrrole nitrogens is 1. The predicted molar refractivity (Wildman–Crippen MR) is 67.2 cm³/mol. The average molecular weight is 239 g/mol. The molecule has 4 nitrogen and oxygen atoms in total. The zero-order valence-electron chi connectivity index (χ0n) is 9.51. The highest BCUT2D eigenvalue weighted by molar-refractivity contribution is 7.99. The first kappa shape index (κ1) is 11.7. The fourth-order valence-corrected chi connectivity index (χ4v) is 2.76. The Morgan fingerprint density at radius 3 is 3.06 bits per heavy atom. The summed E-state index contributed by atoms with van der Waals surface area (Å²) in [5.41, 5.74) is 1.98. The molecule has 0 saturated heterocycles. The lowest BCUT2D eigenvalue weighted by Gasteiger charge is -2.06. The molecule has 0 fully saturated rings. The minimum Gasteiger partial charge on any atom is -0.319 e. The second kappa shape index (κ2) is 5.50. The number of likely N-dealkylation sites (N-methyl/N-ethyl adjacent to an activating group) is 1. The number of fused-ring (bicyclic) bond motifs is 1. The van der Waals surface area contributed by atoms with Gasteiger partial charge in [0.1, 0.15) is 5.82 Å². The van der Waals surface area contributed by atoms with Gasteiger partial charge in [-0.2, -0.15) is 11.8 Å². The Balaban J connectivity index is 2.28. The highest BCUT2D eigenvalue weighted by atomic mass is 32.2. The molecule has 0 atom stereocenters. The summed E-state index contributed by atoms with van der Waals surface area (Å²) in [5, 5.41) is 3.06. The monoisotopic (exact) mass is 239 g/mol. The van der Waals surface area contributed by atoms with Gasteiger partial charge in [0, 0.05) is 18.5 Å². The van der Waals surface area contributed by atoms with Crippen LogP contribution in [0.15, 0.2) is 4.79 Å². The molecule has 0 aliphatic carbocycles. The molecule has 16 heavy (non-hydrogen) atoms. The standard InChI is InChI=1S/C11H17N3OS/c1-12-5-2-10-13-9-4-7-16-6-3-8(9)11(15)14-10/h12H,2-7H2,1H3,(H,13,14,15). The number of nitrogens with zero attached hydrogens (tertiary/aromatic N) is 1. The molecule has 1 aliphatic rings. The van der Waals surface area contributed by atoms with Crippen LogP contribution in [0.3, 0.4) is 0 Å². The van der Waals surface area contributed by atoms with Gasteiger partial charge < -0.3 is 10.3 Å². The van der Waals surface area contributed by atoms with Gasteiger partial charge in [-0.3, -0.25) is 4.79 Å². The van der Waals surface area contributed by atoms with Crippen molar-refractivity contribution in [3.8, 4) is 0 Å². The molecular formula is C11H17N3OS. The fourth-order valence-electron chi connectivity index (χ4n) is 1.87. The van der Waals surface area contributed by atoms with Gasteiger partial charge >= 0.3 is 0 Å². The molecule has 0 unspecified atom stereocenters. The van der Waals surface area contributed by atoms with E-state index in [4.69, 9.17) is 0 Å². The molecule has 0 spiro atoms. The van der Waals surface area contributed by atoms with Crippen molar-refractivity contribution in [1.29, 1.82) is 0 Å². The first-order valence-electron chi connectivity index (χ1n) is 5.64. The van der Waals surface area contributed by atoms with E-state index in [1.54, 1.807) is 0 Å². The zero-order chi connectivity index (χ0) is 11.4. The fraction of sp³-hybridized carbons (Fsp3) is 0.636. The molecule has 1 aliphatic heterocycles. The van der Waals surface area contributed by atoms with Crippen LogP contribution in [0.5, 0.6) is 0 Å². The number of aromatic nitrogens is 2. The summed E-state index contributed by atoms with van der Waals surface area (Å²) < 4.78 is 0. The van der Waals surface area contributed by atoms with Crippen LogP contribution >= 0.6 is 11.8 Å². The largest absolute Gasteiger partial charge is 0.319 e. The minimum atomic E-state index is 0.0682. The molecule has 0 bridgehead atoms. The van der Waals surface area contributed by atoms with E-state index in [1.165, 1.54) is 0 Å². The summed E-state index contributed by atoms with van der Waals surface area (Å²) in [6.07, 6.45) is 2.57. The molecule has 0 radical (unpaired) electrons. The summed E-state index contributed by atoms with van der Waals surface area (Å²) in [6.45, 7) is 0.844. The van der Waals surface area contributed by atoms with E-state index in [1.807, 2.05) is 18.8 Å². The Labute approximate surface area is 99.3 Å². The minimum absolute atomic E-state index is 0.0682. The van der Waals surface area contributed by atoms with Crippen LogP contribution in [0.2, 0.25) is 0 Å². The summed E-state index contributed by atoms with van der Waals surface area (Å²) in [5.74, 6) is 2.92. The van der Waals surface area contributed by atoms with Gasteiger partial charge in [0.25, 0.3) is 5.56 Å². The first-order valence-corrected chi connectivity index (χ1v) is 6.80. The lowest BCUT2D eigenvalue weighted by atomic mass is 10.1. The number of rotatable bonds is 3. The van der Waals surface area contributed by atoms with Gasteiger partial charge in [-0.05, 0) is 31.4 Å². The van der Waals surface area contributed by atoms with Crippen LogP contribution < -0.4 is 10.9 Å². The van der Waals surface area contributed by atoms with Gasteiger partial charge in [0.2, 0.25) is 0 Å². The number of aromatic amines is 1. The molecule has 2 heterocycles. The van der Waals surface area contributed by atoms with E-state index >= 15 is 0 Å². The van der Waals surface area contributed by atoms with Crippen LogP contribution in [-0.4, -0.2) is 35.1 Å². The number of hydrogen-bond acceptors (Lipinski definition) is 4. The summed E-state index contributed by atoms with van der Waals surface area (Å²) in [4.78, 5) is 19.3. The third-order valence-electron chi connectivity index (χ3n) is 2.74. The number of aryl methyl sites for hydroxylation is 1. The number of thioether (sulfide) groups is 1. The van der Waals surface area contributed by atoms with Crippen molar-refractivity contribution in [3.63, 3.8) is 0 Å². The molecule has 0 aromatic carbocycles. The third-order valence-corrected chi connectivity index (χ3v) is 3.73. The van der Waals surface area contributed by atoms with Crippen molar-refractivity contribution in [3.05, 3.63) is 27.4 Å². The van der Waals surface area contributed by atoms with Crippen LogP contribution in [0, 0.1) is 0 Å². The molecule has 2 N–H and O–H groups in total. The lowest BCUT2D eigenvalue weighted by molar-refractivity contribution is 0.738. The first-order chi connectivity index (χ1) is 7.81. The van der Waals surface area contributed by atoms with Crippen LogP contribution in [0.4, 0.5) is 0 Å². The van der Waals surface area contributed by atoms with Gasteiger partial charge in [0.15, 0.2) is 0 Å². The van der Waals surface area contributed by atoms with E-state index in [9.17, 15) is 4.79 Å². The molecule has 2 rings (SSSR count). The topological polar surface area (TPSA) is 57.8 Å². The Hall–Kier alpha value is -0.810. The van der Waals surface area contributed by atoms with E-state index in [-0.39, 0.29) is 5.56 Å². The molecule has 5 heteroatoms. The Morgan fingerprint density at radius 1 is 1.44 bits per heavy atom. The molecule has 0 saturated carbocycles. The molecular weight excluding hydrogens is 222 g/mol. The second-order valence-corrected chi connectivity index (χ2v) is 5.13. The normalized spacial score (nSPS) is 15.6. The van der Waals surface area contributed by atoms with Gasteiger partial charge in [-0.1, -0.05) is 0 Å². The van der Waals surface area contributed by atoms with E-state index in [2.05, 4.69) is 15.3 Å². The highest BCUT2D eigenvalue weighted by Gasteiger charge is 2.14. The SMILES string of the molecule is CNCCc1nc2c(c(=O)[nH]1)CCSCC2. The van der Waals surface area contributed by atoms with Crippen molar-refractivity contribution in [2.24, 2.45) is 0 Å². The molecule has 0 amide bonds. The van der Waals surface area contributed by atoms with E-state index in [0.29, 0.717) is 0 Å². The van der Waals surface area contributed by atoms with Gasteiger partial charge in [0.05, 0.1) is 5.69 Å². The Kier molecular flexibility index (Phi) is 4.01. The zero-order valence-corrected chi connectivity index (χ0v) is 10.3. The van der Waals surface area contributed by atoms with Crippen LogP contribution in [-0.2, 0) is 19.3 Å². The van der Waals surface area contributed by atoms with Crippen molar-refractivity contribution in [2.75, 3.05) is 25.1 Å². The number of hydrogen-bond donors (Lipinski definition) is 2. The third kappa shape index (κ3) is 2.65. The summed E-state index contributed by atoms with van der Waals surface area (Å²) in [7, 11) is 1.90. The lowest BCUT2D eigenvalue weighted by Crippen LogP contribution is -2.22. The second-order valence-electron chi connectivity index (χ2n) is 3.90. The maximum absolute atomic E-state index is 11.9. The van der Waals surface area contributed by atoms with Crippen molar-refractivity contribution in [1.82, 2.24) is 15.3 Å². The van der Waals surface area contributed by atoms with Gasteiger partial charge in [-0.15, -0.1) is 0 Å². The maximum Gasteiger partial charge on any atom is 0.254 e. The Bertz CT molecular complexity index is 416. The van der Waals surface area contributed by atoms with Crippen molar-refractivity contribution < 1.29 is 0 Å². The van der Waals surface area contributed by atoms with E-state index in [0.717, 1.165) is 54.4 Å². The van der Waals surface area contributed by atoms with E-state index < -0.39 is 0 Å². The summed E-state index contributed by atoms with van der Waals surface area (Å²) >= 11 is 1.90. The average Bonchev–Trinajstić information content (AvgIpc) is 2.51. The summed E-state index contributed by atoms with van der Waals surface area (Å²) in [6, 6.07) is 0. The van der Waals surface area contributed by atoms with Crippen molar-refractivity contribution >= 4 is 11.8 Å². The highest BCUT2D eigenvalue weighted by Crippen LogP contribution is 2.15. The number of nitrogens with one attached hydrogen (secondary N) is 2. The quantitative estimate of drug-likeness (QED) is 0.800. The predicted octanol–water partition coefficient (Wildman–Crippen LogP) is 0.364. The molecule has 1 aromatic rings. The van der Waals surface area contributed by atoms with Crippen LogP contribution in [0.1, 0.15) is 17.1 Å². The Morgan fingerprint density at radius 2 is 2.25 bits per heavy atom. The van der Waals surface area contributed by atoms with Gasteiger partial charge in [-0.25, -0.2) is 4.98 Å². The van der Waals surface area contributed by atoms with Crippen LogP contribution in [0.25, 0.3) is 0 Å².